The van der Waals surface area contributed by atoms with Gasteiger partial charge in [-0.2, -0.15) is 0 Å². The van der Waals surface area contributed by atoms with Crippen LogP contribution in [-0.4, -0.2) is 14.2 Å². The van der Waals surface area contributed by atoms with Crippen molar-refractivity contribution in [1.29, 1.82) is 0 Å². The van der Waals surface area contributed by atoms with Crippen LogP contribution in [0, 0.1) is 0 Å². The Balaban J connectivity index is 2.15. The molecule has 3 rings (SSSR count). The molecule has 0 fully saturated rings. The molecule has 68 valence electrons. The number of nitrogens with one attached hydrogen (secondary N) is 1. The summed E-state index contributed by atoms with van der Waals surface area (Å²) < 4.78 is 11.2. The van der Waals surface area contributed by atoms with Crippen LogP contribution in [0.3, 0.4) is 0 Å². The highest BCUT2D eigenvalue weighted by Crippen LogP contribution is 2.21. The minimum Gasteiger partial charge on any atom is -0.305 e. The van der Waals surface area contributed by atoms with Crippen molar-refractivity contribution in [2.45, 2.75) is 24.6 Å². The second-order valence-electron chi connectivity index (χ2n) is 3.34. The van der Waals surface area contributed by atoms with Crippen molar-refractivity contribution >= 4 is 10.8 Å². The normalized spacial score (nSPS) is 20.3. The smallest absolute Gasteiger partial charge is 0.0774 e. The van der Waals surface area contributed by atoms with Crippen LogP contribution in [0.15, 0.2) is 0 Å². The van der Waals surface area contributed by atoms with Crippen molar-refractivity contribution in [3.8, 4) is 0 Å². The molecule has 0 bridgehead atoms. The van der Waals surface area contributed by atoms with Gasteiger partial charge in [-0.1, -0.05) is 0 Å². The fourth-order valence-corrected chi connectivity index (χ4v) is 2.93. The lowest BCUT2D eigenvalue weighted by Gasteiger charge is -1.99. The minimum atomic E-state index is -0.759. The Kier molecular flexibility index (Phi) is 1.51. The third-order valence-electron chi connectivity index (χ3n) is 2.39. The van der Waals surface area contributed by atoms with Crippen LogP contribution < -0.4 is 5.32 Å². The van der Waals surface area contributed by atoms with Gasteiger partial charge in [-0.25, -0.2) is 0 Å². The van der Waals surface area contributed by atoms with Gasteiger partial charge in [0.1, 0.15) is 0 Å². The van der Waals surface area contributed by atoms with E-state index in [4.69, 9.17) is 0 Å². The Hall–Kier alpha value is -0.810. The Bertz CT molecular complexity index is 370. The van der Waals surface area contributed by atoms with Gasteiger partial charge in [-0.15, -0.1) is 0 Å². The van der Waals surface area contributed by atoms with Crippen LogP contribution in [0.4, 0.5) is 0 Å². The van der Waals surface area contributed by atoms with Crippen molar-refractivity contribution in [3.05, 3.63) is 22.8 Å². The molecular weight excluding hydrogens is 186 g/mol. The third-order valence-corrected chi connectivity index (χ3v) is 3.58. The monoisotopic (exact) mass is 195 g/mol. The molecule has 3 heterocycles. The molecule has 2 aliphatic rings. The Morgan fingerprint density at radius 3 is 2.08 bits per heavy atom. The van der Waals surface area contributed by atoms with Crippen LogP contribution in [0.5, 0.6) is 0 Å². The largest absolute Gasteiger partial charge is 0.305 e. The van der Waals surface area contributed by atoms with E-state index in [1.54, 1.807) is 0 Å². The highest BCUT2D eigenvalue weighted by molar-refractivity contribution is 7.83. The summed E-state index contributed by atoms with van der Waals surface area (Å²) in [6.07, 6.45) is 0. The zero-order chi connectivity index (χ0) is 8.84. The second-order valence-corrected chi connectivity index (χ2v) is 4.80. The summed E-state index contributed by atoms with van der Waals surface area (Å²) in [5, 5.41) is 3.20. The van der Waals surface area contributed by atoms with E-state index in [1.807, 2.05) is 0 Å². The average Bonchev–Trinajstić information content (AvgIpc) is 2.63. The van der Waals surface area contributed by atoms with Gasteiger partial charge in [0.05, 0.1) is 34.3 Å². The van der Waals surface area contributed by atoms with Crippen molar-refractivity contribution < 1.29 is 4.21 Å². The highest BCUT2D eigenvalue weighted by Gasteiger charge is 2.24. The van der Waals surface area contributed by atoms with Gasteiger partial charge in [0, 0.05) is 23.9 Å². The molecule has 0 amide bonds. The van der Waals surface area contributed by atoms with E-state index in [1.165, 1.54) is 0 Å². The maximum absolute atomic E-state index is 11.2. The van der Waals surface area contributed by atoms with Gasteiger partial charge in [0.15, 0.2) is 0 Å². The second kappa shape index (κ2) is 2.59. The quantitative estimate of drug-likeness (QED) is 0.625. The molecule has 5 heteroatoms. The number of hydrogen-bond acceptors (Lipinski definition) is 4. The lowest BCUT2D eigenvalue weighted by Crippen LogP contribution is -2.00. The summed E-state index contributed by atoms with van der Waals surface area (Å²) in [6.45, 7) is 1.62. The Morgan fingerprint density at radius 1 is 1.00 bits per heavy atom. The number of nitrogens with zero attached hydrogens (tertiary/aromatic N) is 2. The molecule has 0 aromatic carbocycles. The third kappa shape index (κ3) is 1.11. The zero-order valence-corrected chi connectivity index (χ0v) is 7.86. The first-order valence-corrected chi connectivity index (χ1v) is 5.75. The minimum absolute atomic E-state index is 0.593. The maximum Gasteiger partial charge on any atom is 0.0774 e. The fraction of sp³-hybridized carbons (Fsp3) is 0.500. The van der Waals surface area contributed by atoms with Crippen LogP contribution in [-0.2, 0) is 35.4 Å². The molecule has 2 aliphatic heterocycles. The van der Waals surface area contributed by atoms with E-state index in [0.717, 1.165) is 35.9 Å². The summed E-state index contributed by atoms with van der Waals surface area (Å²) in [5.74, 6) is 1.19. The molecule has 4 nitrogen and oxygen atoms in total. The molecule has 1 aromatic rings. The predicted octanol–water partition coefficient (Wildman–Crippen LogP) is -0.158. The zero-order valence-electron chi connectivity index (χ0n) is 7.04. The molecule has 0 radical (unpaired) electrons. The van der Waals surface area contributed by atoms with Crippen LogP contribution >= 0.6 is 0 Å². The Labute approximate surface area is 78.2 Å². The molecule has 0 aliphatic carbocycles. The fourth-order valence-electron chi connectivity index (χ4n) is 1.75. The first-order chi connectivity index (χ1) is 6.33. The molecule has 0 spiro atoms. The van der Waals surface area contributed by atoms with Crippen LogP contribution in [0.2, 0.25) is 0 Å². The summed E-state index contributed by atoms with van der Waals surface area (Å²) >= 11 is 0. The number of rotatable bonds is 0. The molecule has 0 atom stereocenters. The maximum atomic E-state index is 11.2. The highest BCUT2D eigenvalue weighted by atomic mass is 32.2. The van der Waals surface area contributed by atoms with Gasteiger partial charge in [-0.05, 0) is 0 Å². The summed E-state index contributed by atoms with van der Waals surface area (Å²) in [7, 11) is -0.759. The van der Waals surface area contributed by atoms with Gasteiger partial charge >= 0.3 is 0 Å². The summed E-state index contributed by atoms with van der Waals surface area (Å²) in [4.78, 5) is 8.93. The van der Waals surface area contributed by atoms with E-state index in [9.17, 15) is 4.21 Å². The molecule has 1 aromatic heterocycles. The first-order valence-electron chi connectivity index (χ1n) is 4.26. The lowest BCUT2D eigenvalue weighted by molar-refractivity contribution is 0.684. The number of fused-ring (bicyclic) bond motifs is 2. The van der Waals surface area contributed by atoms with Gasteiger partial charge in [0.2, 0.25) is 0 Å². The standard InChI is InChI=1S/C8H9N3OS/c12-13-3-7-8(4-13)11-6-2-9-1-5(6)10-7/h9H,1-4H2. The van der Waals surface area contributed by atoms with Gasteiger partial charge < -0.3 is 5.32 Å². The predicted molar refractivity (Wildman–Crippen MR) is 48.1 cm³/mol. The van der Waals surface area contributed by atoms with Crippen LogP contribution in [0.1, 0.15) is 22.8 Å². The van der Waals surface area contributed by atoms with E-state index < -0.39 is 10.8 Å². The Morgan fingerprint density at radius 2 is 1.54 bits per heavy atom. The molecule has 0 unspecified atom stereocenters. The van der Waals surface area contributed by atoms with E-state index in [0.29, 0.717) is 11.5 Å². The average molecular weight is 195 g/mol. The molecule has 0 saturated heterocycles. The van der Waals surface area contributed by atoms with Crippen LogP contribution in [0.25, 0.3) is 0 Å². The molecule has 1 N–H and O–H groups in total. The van der Waals surface area contributed by atoms with E-state index >= 15 is 0 Å². The number of hydrogen-bond donors (Lipinski definition) is 1. The first kappa shape index (κ1) is 7.58. The van der Waals surface area contributed by atoms with E-state index in [-0.39, 0.29) is 0 Å². The van der Waals surface area contributed by atoms with Gasteiger partial charge in [-0.3, -0.25) is 14.2 Å². The van der Waals surface area contributed by atoms with Crippen molar-refractivity contribution in [3.63, 3.8) is 0 Å². The van der Waals surface area contributed by atoms with Crippen molar-refractivity contribution in [1.82, 2.24) is 15.3 Å². The molecular formula is C8H9N3OS. The lowest BCUT2D eigenvalue weighted by atomic mass is 10.3. The summed E-state index contributed by atoms with van der Waals surface area (Å²) in [6, 6.07) is 0. The van der Waals surface area contributed by atoms with Crippen molar-refractivity contribution in [2.24, 2.45) is 0 Å². The molecule has 13 heavy (non-hydrogen) atoms. The SMILES string of the molecule is O=S1Cc2nc3c(nc2C1)CNC3. The van der Waals surface area contributed by atoms with E-state index in [2.05, 4.69) is 15.3 Å². The summed E-state index contributed by atoms with van der Waals surface area (Å²) in [5.41, 5.74) is 3.97. The number of aromatic nitrogens is 2. The van der Waals surface area contributed by atoms with Crippen molar-refractivity contribution in [2.75, 3.05) is 0 Å². The topological polar surface area (TPSA) is 54.9 Å². The molecule has 0 saturated carbocycles. The van der Waals surface area contributed by atoms with Gasteiger partial charge in [0.25, 0.3) is 0 Å².